The van der Waals surface area contributed by atoms with Crippen molar-refractivity contribution in [1.29, 1.82) is 0 Å². The summed E-state index contributed by atoms with van der Waals surface area (Å²) in [5.41, 5.74) is 0.623. The van der Waals surface area contributed by atoms with E-state index in [1.54, 1.807) is 12.1 Å². The van der Waals surface area contributed by atoms with Crippen molar-refractivity contribution in [3.05, 3.63) is 40.7 Å². The first-order valence-electron chi connectivity index (χ1n) is 7.23. The van der Waals surface area contributed by atoms with Crippen LogP contribution in [0.4, 0.5) is 9.52 Å². The van der Waals surface area contributed by atoms with Gasteiger partial charge in [0.05, 0.1) is 12.1 Å². The van der Waals surface area contributed by atoms with Gasteiger partial charge in [-0.2, -0.15) is 0 Å². The third-order valence-electron chi connectivity index (χ3n) is 3.80. The number of anilines is 1. The Morgan fingerprint density at radius 2 is 2.05 bits per heavy atom. The average molecular weight is 307 g/mol. The number of aliphatic hydroxyl groups is 1. The molecular weight excluding hydrogens is 289 g/mol. The van der Waals surface area contributed by atoms with Gasteiger partial charge in [0.2, 0.25) is 5.13 Å². The topological polar surface area (TPSA) is 58.0 Å². The summed E-state index contributed by atoms with van der Waals surface area (Å²) < 4.78 is 13.6. The summed E-state index contributed by atoms with van der Waals surface area (Å²) in [5.74, 6) is -0.218. The maximum Gasteiger partial charge on any atom is 0.205 e. The molecule has 112 valence electrons. The fraction of sp³-hybridized carbons (Fsp3) is 0.467. The average Bonchev–Trinajstić information content (AvgIpc) is 2.91. The molecule has 0 bridgehead atoms. The maximum atomic E-state index is 13.6. The quantitative estimate of drug-likeness (QED) is 0.912. The second-order valence-corrected chi connectivity index (χ2v) is 6.43. The summed E-state index contributed by atoms with van der Waals surface area (Å²) in [6.45, 7) is 0. The summed E-state index contributed by atoms with van der Waals surface area (Å²) in [6.07, 6.45) is 4.10. The van der Waals surface area contributed by atoms with Gasteiger partial charge in [0.25, 0.3) is 0 Å². The van der Waals surface area contributed by atoms with Crippen LogP contribution in [0, 0.1) is 5.82 Å². The molecule has 0 radical (unpaired) electrons. The number of nitrogens with one attached hydrogen (secondary N) is 1. The molecule has 4 nitrogen and oxygen atoms in total. The Morgan fingerprint density at radius 1 is 1.24 bits per heavy atom. The van der Waals surface area contributed by atoms with Crippen LogP contribution in [-0.2, 0) is 6.42 Å². The molecule has 1 aromatic carbocycles. The second kappa shape index (κ2) is 6.49. The fourth-order valence-electron chi connectivity index (χ4n) is 2.63. The molecule has 2 aromatic rings. The molecule has 21 heavy (non-hydrogen) atoms. The van der Waals surface area contributed by atoms with Gasteiger partial charge in [-0.1, -0.05) is 42.4 Å². The van der Waals surface area contributed by atoms with Gasteiger partial charge in [-0.05, 0) is 24.5 Å². The van der Waals surface area contributed by atoms with Crippen LogP contribution in [0.5, 0.6) is 0 Å². The van der Waals surface area contributed by atoms with Crippen molar-refractivity contribution in [3.63, 3.8) is 0 Å². The summed E-state index contributed by atoms with van der Waals surface area (Å²) in [6, 6.07) is 6.75. The van der Waals surface area contributed by atoms with Crippen LogP contribution in [0.15, 0.2) is 24.3 Å². The highest BCUT2D eigenvalue weighted by molar-refractivity contribution is 7.15. The lowest BCUT2D eigenvalue weighted by Crippen LogP contribution is -2.36. The highest BCUT2D eigenvalue weighted by Crippen LogP contribution is 2.25. The number of hydrogen-bond donors (Lipinski definition) is 2. The lowest BCUT2D eigenvalue weighted by atomic mass is 9.93. The highest BCUT2D eigenvalue weighted by Gasteiger charge is 2.23. The molecule has 2 N–H and O–H groups in total. The molecule has 2 atom stereocenters. The number of aromatic nitrogens is 2. The molecule has 3 rings (SSSR count). The zero-order valence-corrected chi connectivity index (χ0v) is 12.4. The normalized spacial score (nSPS) is 22.2. The first-order valence-corrected chi connectivity index (χ1v) is 8.04. The van der Waals surface area contributed by atoms with E-state index in [0.29, 0.717) is 17.1 Å². The van der Waals surface area contributed by atoms with Crippen molar-refractivity contribution in [2.75, 3.05) is 5.32 Å². The Labute approximate surface area is 127 Å². The number of benzene rings is 1. The summed E-state index contributed by atoms with van der Waals surface area (Å²) in [7, 11) is 0. The zero-order valence-electron chi connectivity index (χ0n) is 11.6. The Balaban J connectivity index is 1.65. The molecule has 1 aromatic heterocycles. The summed E-state index contributed by atoms with van der Waals surface area (Å²) >= 11 is 1.42. The monoisotopic (exact) mass is 307 g/mol. The molecule has 1 heterocycles. The van der Waals surface area contributed by atoms with Gasteiger partial charge in [0.15, 0.2) is 0 Å². The number of hydrogen-bond acceptors (Lipinski definition) is 5. The van der Waals surface area contributed by atoms with Crippen LogP contribution in [0.2, 0.25) is 0 Å². The van der Waals surface area contributed by atoms with Gasteiger partial charge in [-0.3, -0.25) is 0 Å². The predicted octanol–water partition coefficient (Wildman–Crippen LogP) is 2.98. The van der Waals surface area contributed by atoms with E-state index in [-0.39, 0.29) is 18.0 Å². The van der Waals surface area contributed by atoms with Gasteiger partial charge in [-0.15, -0.1) is 10.2 Å². The van der Waals surface area contributed by atoms with Crippen LogP contribution < -0.4 is 5.32 Å². The molecule has 0 unspecified atom stereocenters. The minimum absolute atomic E-state index is 0.0491. The number of aliphatic hydroxyl groups excluding tert-OH is 1. The third-order valence-corrected chi connectivity index (χ3v) is 4.66. The molecule has 1 aliphatic rings. The maximum absolute atomic E-state index is 13.6. The van der Waals surface area contributed by atoms with Crippen molar-refractivity contribution >= 4 is 16.5 Å². The molecular formula is C15H18FN3OS. The molecule has 0 saturated heterocycles. The Kier molecular flexibility index (Phi) is 4.45. The fourth-order valence-corrected chi connectivity index (χ4v) is 3.45. The van der Waals surface area contributed by atoms with Crippen molar-refractivity contribution in [1.82, 2.24) is 10.2 Å². The van der Waals surface area contributed by atoms with E-state index in [2.05, 4.69) is 15.5 Å². The first-order chi connectivity index (χ1) is 10.2. The van der Waals surface area contributed by atoms with E-state index < -0.39 is 0 Å². The summed E-state index contributed by atoms with van der Waals surface area (Å²) in [4.78, 5) is 0. The summed E-state index contributed by atoms with van der Waals surface area (Å²) in [5, 5.41) is 22.9. The van der Waals surface area contributed by atoms with E-state index in [4.69, 9.17) is 0 Å². The van der Waals surface area contributed by atoms with Crippen molar-refractivity contribution in [2.24, 2.45) is 0 Å². The Morgan fingerprint density at radius 3 is 2.86 bits per heavy atom. The predicted molar refractivity (Wildman–Crippen MR) is 81.0 cm³/mol. The van der Waals surface area contributed by atoms with Gasteiger partial charge in [0, 0.05) is 6.42 Å². The van der Waals surface area contributed by atoms with Crippen LogP contribution in [0.25, 0.3) is 0 Å². The Hall–Kier alpha value is -1.53. The molecule has 0 spiro atoms. The van der Waals surface area contributed by atoms with Gasteiger partial charge in [-0.25, -0.2) is 4.39 Å². The van der Waals surface area contributed by atoms with Crippen LogP contribution in [0.3, 0.4) is 0 Å². The number of halogens is 1. The van der Waals surface area contributed by atoms with Gasteiger partial charge in [0.1, 0.15) is 10.8 Å². The molecule has 0 amide bonds. The number of nitrogens with zero attached hydrogens (tertiary/aromatic N) is 2. The van der Waals surface area contributed by atoms with Gasteiger partial charge >= 0.3 is 0 Å². The highest BCUT2D eigenvalue weighted by atomic mass is 32.1. The van der Waals surface area contributed by atoms with E-state index in [0.717, 1.165) is 30.7 Å². The van der Waals surface area contributed by atoms with Crippen molar-refractivity contribution < 1.29 is 9.50 Å². The second-order valence-electron chi connectivity index (χ2n) is 5.37. The zero-order chi connectivity index (χ0) is 14.7. The number of rotatable bonds is 4. The molecule has 1 fully saturated rings. The first kappa shape index (κ1) is 14.4. The minimum Gasteiger partial charge on any atom is -0.391 e. The van der Waals surface area contributed by atoms with E-state index in [9.17, 15) is 9.50 Å². The molecule has 6 heteroatoms. The van der Waals surface area contributed by atoms with Crippen LogP contribution in [-0.4, -0.2) is 27.4 Å². The van der Waals surface area contributed by atoms with E-state index >= 15 is 0 Å². The van der Waals surface area contributed by atoms with E-state index in [1.165, 1.54) is 17.4 Å². The standard InChI is InChI=1S/C15H18FN3OS/c16-11-6-2-1-5-10(11)9-14-18-19-15(21-14)17-12-7-3-4-8-13(12)20/h1-2,5-6,12-13,20H,3-4,7-9H2,(H,17,19)/t12-,13-/m0/s1. The molecule has 1 saturated carbocycles. The SMILES string of the molecule is O[C@H]1CCCC[C@@H]1Nc1nnc(Cc2ccccc2F)s1. The van der Waals surface area contributed by atoms with Crippen molar-refractivity contribution in [2.45, 2.75) is 44.2 Å². The molecule has 0 aliphatic heterocycles. The lowest BCUT2D eigenvalue weighted by Gasteiger charge is -2.27. The third kappa shape index (κ3) is 3.57. The Bertz CT molecular complexity index is 604. The van der Waals surface area contributed by atoms with Crippen LogP contribution in [0.1, 0.15) is 36.3 Å². The van der Waals surface area contributed by atoms with E-state index in [1.807, 2.05) is 6.07 Å². The van der Waals surface area contributed by atoms with Crippen LogP contribution >= 0.6 is 11.3 Å². The largest absolute Gasteiger partial charge is 0.391 e. The lowest BCUT2D eigenvalue weighted by molar-refractivity contribution is 0.116. The van der Waals surface area contributed by atoms with Gasteiger partial charge < -0.3 is 10.4 Å². The smallest absolute Gasteiger partial charge is 0.205 e. The molecule has 1 aliphatic carbocycles. The minimum atomic E-state index is -0.322. The van der Waals surface area contributed by atoms with Crippen molar-refractivity contribution in [3.8, 4) is 0 Å².